The molecule has 0 bridgehead atoms. The third-order valence-corrected chi connectivity index (χ3v) is 12.0. The molecule has 0 unspecified atom stereocenters. The molecule has 0 spiro atoms. The molecule has 31 heteroatoms. The summed E-state index contributed by atoms with van der Waals surface area (Å²) in [6, 6.07) is 5.04. The molecule has 0 saturated carbocycles. The van der Waals surface area contributed by atoms with Crippen LogP contribution in [0.5, 0.6) is 0 Å². The molecule has 81 heavy (non-hydrogen) atoms. The number of nitrogens with one attached hydrogen (secondary N) is 11. The van der Waals surface area contributed by atoms with Gasteiger partial charge in [-0.1, -0.05) is 0 Å². The second-order valence-corrected chi connectivity index (χ2v) is 18.0. The molecule has 4 aromatic heterocycles. The van der Waals surface area contributed by atoms with E-state index in [1.54, 1.807) is 82.9 Å². The number of aromatic nitrogens is 8. The topological polar surface area (TPSA) is 440 Å². The molecule has 7 amide bonds. The molecule has 6 aromatic rings. The Labute approximate surface area is 462 Å². The number of H-pyrrole nitrogens is 2. The van der Waals surface area contributed by atoms with Crippen molar-refractivity contribution >= 4 is 81.0 Å². The maximum absolute atomic E-state index is 13.4. The molecule has 2 aromatic carbocycles. The number of carbonyl (C=O) groups is 9. The number of aromatic amines is 2. The fourth-order valence-corrected chi connectivity index (χ4v) is 7.81. The van der Waals surface area contributed by atoms with E-state index in [0.717, 1.165) is 23.3 Å². The van der Waals surface area contributed by atoms with Gasteiger partial charge in [0.1, 0.15) is 23.9 Å². The van der Waals surface area contributed by atoms with Crippen molar-refractivity contribution in [1.29, 1.82) is 0 Å². The lowest BCUT2D eigenvalue weighted by molar-refractivity contribution is -0.142. The number of imidazole rings is 2. The van der Waals surface area contributed by atoms with Crippen LogP contribution in [0.15, 0.2) is 73.6 Å². The number of carboxylic acids is 2. The minimum absolute atomic E-state index is 0.0702. The molecular formula is C50H66N18O13. The number of anilines is 1. The van der Waals surface area contributed by atoms with Gasteiger partial charge in [0.15, 0.2) is 5.95 Å². The number of rotatable bonds is 37. The third-order valence-electron chi connectivity index (χ3n) is 12.0. The highest BCUT2D eigenvalue weighted by molar-refractivity contribution is 5.99. The number of carboxylic acid groups (broad SMARTS) is 2. The fourth-order valence-electron chi connectivity index (χ4n) is 7.81. The van der Waals surface area contributed by atoms with E-state index in [2.05, 4.69) is 78.0 Å². The van der Waals surface area contributed by atoms with Crippen LogP contribution in [0.1, 0.15) is 52.2 Å². The van der Waals surface area contributed by atoms with Crippen LogP contribution in [-0.2, 0) is 62.7 Å². The zero-order valence-electron chi connectivity index (χ0n) is 44.0. The molecule has 3 atom stereocenters. The predicted octanol–water partition coefficient (Wildman–Crippen LogP) is -2.70. The first-order valence-corrected chi connectivity index (χ1v) is 25.8. The summed E-state index contributed by atoms with van der Waals surface area (Å²) in [5.41, 5.74) is 7.33. The van der Waals surface area contributed by atoms with Gasteiger partial charge in [-0.2, -0.15) is 10.2 Å². The van der Waals surface area contributed by atoms with Gasteiger partial charge in [0, 0.05) is 105 Å². The van der Waals surface area contributed by atoms with Crippen LogP contribution in [0.25, 0.3) is 21.8 Å². The lowest BCUT2D eigenvalue weighted by Gasteiger charge is -2.19. The molecular weight excluding hydrogens is 1060 g/mol. The van der Waals surface area contributed by atoms with Crippen LogP contribution in [-0.4, -0.2) is 193 Å². The summed E-state index contributed by atoms with van der Waals surface area (Å²) in [5, 5.41) is 52.7. The third kappa shape index (κ3) is 20.1. The Balaban J connectivity index is 0.936. The summed E-state index contributed by atoms with van der Waals surface area (Å²) in [4.78, 5) is 130. The minimum atomic E-state index is -1.63. The van der Waals surface area contributed by atoms with Gasteiger partial charge in [0.05, 0.1) is 69.6 Å². The van der Waals surface area contributed by atoms with Gasteiger partial charge < -0.3 is 77.9 Å². The number of nitrogens with two attached hydrogens (primary N) is 1. The molecule has 4 heterocycles. The maximum atomic E-state index is 13.4. The van der Waals surface area contributed by atoms with Crippen molar-refractivity contribution in [2.24, 2.45) is 5.73 Å². The average molecular weight is 1130 g/mol. The summed E-state index contributed by atoms with van der Waals surface area (Å²) >= 11 is 0. The van der Waals surface area contributed by atoms with Crippen LogP contribution >= 0.6 is 0 Å². The molecule has 0 aliphatic heterocycles. The number of carbonyl (C=O) groups excluding carboxylic acids is 7. The molecule has 0 aliphatic rings. The average Bonchev–Trinajstić information content (AvgIpc) is 4.34. The van der Waals surface area contributed by atoms with Crippen molar-refractivity contribution in [3.05, 3.63) is 90.5 Å². The Morgan fingerprint density at radius 3 is 1.83 bits per heavy atom. The molecule has 0 fully saturated rings. The fraction of sp³-hybridized carbons (Fsp3) is 0.420. The first-order chi connectivity index (χ1) is 39.2. The van der Waals surface area contributed by atoms with Crippen molar-refractivity contribution < 1.29 is 62.8 Å². The number of aryl methyl sites for hydroxylation is 1. The number of amides is 7. The highest BCUT2D eigenvalue weighted by Gasteiger charge is 2.26. The molecule has 434 valence electrons. The lowest BCUT2D eigenvalue weighted by atomic mass is 10.1. The van der Waals surface area contributed by atoms with Crippen LogP contribution < -0.4 is 53.6 Å². The monoisotopic (exact) mass is 1130 g/mol. The molecule has 31 nitrogen and oxygen atoms in total. The van der Waals surface area contributed by atoms with E-state index in [-0.39, 0.29) is 43.8 Å². The Bertz CT molecular complexity index is 3050. The van der Waals surface area contributed by atoms with Crippen molar-refractivity contribution in [3.8, 4) is 0 Å². The lowest BCUT2D eigenvalue weighted by Crippen LogP contribution is -2.53. The van der Waals surface area contributed by atoms with Gasteiger partial charge in [-0.15, -0.1) is 0 Å². The van der Waals surface area contributed by atoms with Crippen LogP contribution in [0, 0.1) is 0 Å². The van der Waals surface area contributed by atoms with Gasteiger partial charge in [-0.25, -0.2) is 19.6 Å². The van der Waals surface area contributed by atoms with Crippen molar-refractivity contribution in [3.63, 3.8) is 0 Å². The van der Waals surface area contributed by atoms with Gasteiger partial charge >= 0.3 is 11.9 Å². The van der Waals surface area contributed by atoms with E-state index >= 15 is 0 Å². The number of fused-ring (bicyclic) bond motifs is 2. The number of ether oxygens (including phenoxy) is 2. The van der Waals surface area contributed by atoms with Gasteiger partial charge in [-0.05, 0) is 49.2 Å². The Morgan fingerprint density at radius 1 is 0.630 bits per heavy atom. The first-order valence-electron chi connectivity index (χ1n) is 25.8. The largest absolute Gasteiger partial charge is 0.480 e. The van der Waals surface area contributed by atoms with Crippen LogP contribution in [0.3, 0.4) is 0 Å². The van der Waals surface area contributed by atoms with E-state index in [1.807, 2.05) is 0 Å². The summed E-state index contributed by atoms with van der Waals surface area (Å²) in [6.45, 7) is 0.643. The van der Waals surface area contributed by atoms with Crippen molar-refractivity contribution in [2.45, 2.75) is 63.4 Å². The second-order valence-electron chi connectivity index (χ2n) is 18.0. The van der Waals surface area contributed by atoms with Crippen molar-refractivity contribution in [2.75, 3.05) is 77.6 Å². The highest BCUT2D eigenvalue weighted by Crippen LogP contribution is 2.18. The van der Waals surface area contributed by atoms with Crippen LogP contribution in [0.4, 0.5) is 5.95 Å². The molecule has 15 N–H and O–H groups in total. The second kappa shape index (κ2) is 31.9. The quantitative estimate of drug-likeness (QED) is 0.0177. The van der Waals surface area contributed by atoms with E-state index in [1.165, 1.54) is 0 Å². The van der Waals surface area contributed by atoms with E-state index in [0.29, 0.717) is 62.6 Å². The SMILES string of the molecule is NCCOCCOCCC(=O)N[C@@H](CCC(=O)NCC(=O)N[C@@H](CNC(=O)c1ccc2c(cnn2CNCCc2ncc[nH]2)c1)C(=O)O)C(=O)NCC(=O)N[C@@H](CNC(=O)c1ccc2c(cnn2CCCNc2ncc[nH]2)c1)C(=O)O. The minimum Gasteiger partial charge on any atom is -0.480 e. The number of aliphatic carboxylic acids is 2. The normalized spacial score (nSPS) is 12.2. The first kappa shape index (κ1) is 60.9. The van der Waals surface area contributed by atoms with Gasteiger partial charge in [-0.3, -0.25) is 48.2 Å². The van der Waals surface area contributed by atoms with Gasteiger partial charge in [0.2, 0.25) is 29.5 Å². The Kier molecular flexibility index (Phi) is 24.0. The van der Waals surface area contributed by atoms with Crippen LogP contribution in [0.2, 0.25) is 0 Å². The maximum Gasteiger partial charge on any atom is 0.328 e. The number of hydrogen-bond acceptors (Lipinski definition) is 18. The Hall–Kier alpha value is -9.33. The summed E-state index contributed by atoms with van der Waals surface area (Å²) in [5.74, 6) is -7.01. The molecule has 0 radical (unpaired) electrons. The number of benzene rings is 2. The summed E-state index contributed by atoms with van der Waals surface area (Å²) in [7, 11) is 0. The van der Waals surface area contributed by atoms with Gasteiger partial charge in [0.25, 0.3) is 11.8 Å². The number of nitrogens with zero attached hydrogens (tertiary/aromatic N) is 6. The highest BCUT2D eigenvalue weighted by atomic mass is 16.5. The molecule has 0 aliphatic carbocycles. The van der Waals surface area contributed by atoms with E-state index < -0.39 is 104 Å². The summed E-state index contributed by atoms with van der Waals surface area (Å²) in [6.07, 6.45) is 10.3. The van der Waals surface area contributed by atoms with E-state index in [9.17, 15) is 53.4 Å². The zero-order chi connectivity index (χ0) is 57.9. The van der Waals surface area contributed by atoms with E-state index in [4.69, 9.17) is 15.2 Å². The molecule has 0 saturated heterocycles. The zero-order valence-corrected chi connectivity index (χ0v) is 44.0. The number of hydrogen-bond donors (Lipinski definition) is 14. The predicted molar refractivity (Wildman–Crippen MR) is 288 cm³/mol. The standard InChI is InChI=1S/C50H66N18O13/c51-10-19-81-21-20-80-18-9-42(70)64-35(47(75)61-29-44(72)66-37(49(78)79)27-60-45(73)31-2-5-38-33(22-31)24-62-67(38)17-1-11-55-50-56-15-16-57-50)4-7-41(69)58-28-43(71)65-36(48(76)77)26-59-46(74)32-3-6-39-34(23-32)25-63-68(39)30-52-12-8-40-53-13-14-54-40/h2-3,5-6,13-16,22-25,35-37,52H,1,4,7-12,17-21,26-30,51H2,(H,53,54)(H,58,69)(H,59,74)(H,60,73)(H,61,75)(H,64,70)(H,65,71)(H,66,72)(H,76,77)(H,78,79)(H2,55,56,57)/t35-,36-,37-/m0/s1. The summed E-state index contributed by atoms with van der Waals surface area (Å²) < 4.78 is 14.1. The Morgan fingerprint density at radius 2 is 1.22 bits per heavy atom. The molecule has 6 rings (SSSR count). The smallest absolute Gasteiger partial charge is 0.328 e. The van der Waals surface area contributed by atoms with Crippen molar-refractivity contribution in [1.82, 2.24) is 82.0 Å².